The van der Waals surface area contributed by atoms with Gasteiger partial charge in [0.05, 0.1) is 12.3 Å². The number of ether oxygens (including phenoxy) is 1. The summed E-state index contributed by atoms with van der Waals surface area (Å²) in [6.45, 7) is 2.71. The zero-order chi connectivity index (χ0) is 21.8. The van der Waals surface area contributed by atoms with Gasteiger partial charge in [0, 0.05) is 16.6 Å². The standard InChI is InChI=1S/C22H20BrN5O3/c1-2-31-18-8-6-16(7-9-18)19-11-20-22(30)27(25-14-28(20)26-19)13-21(29)24-12-15-4-3-5-17(23)10-15/h3-11,14H,2,12-13H2,1H3,(H,24,29). The monoisotopic (exact) mass is 481 g/mol. The van der Waals surface area contributed by atoms with Gasteiger partial charge in [0.15, 0.2) is 0 Å². The Hall–Kier alpha value is -3.46. The van der Waals surface area contributed by atoms with Crippen LogP contribution < -0.4 is 15.6 Å². The highest BCUT2D eigenvalue weighted by atomic mass is 79.9. The molecule has 1 amide bonds. The van der Waals surface area contributed by atoms with E-state index in [1.807, 2.05) is 55.5 Å². The van der Waals surface area contributed by atoms with Gasteiger partial charge in [-0.25, -0.2) is 9.20 Å². The van der Waals surface area contributed by atoms with Crippen molar-refractivity contribution in [3.8, 4) is 17.0 Å². The summed E-state index contributed by atoms with van der Waals surface area (Å²) >= 11 is 3.40. The summed E-state index contributed by atoms with van der Waals surface area (Å²) in [5, 5.41) is 11.3. The fraction of sp³-hybridized carbons (Fsp3) is 0.182. The molecule has 0 fully saturated rings. The third-order valence-corrected chi connectivity index (χ3v) is 5.12. The molecule has 0 spiro atoms. The van der Waals surface area contributed by atoms with Gasteiger partial charge in [0.1, 0.15) is 24.1 Å². The van der Waals surface area contributed by atoms with E-state index in [0.717, 1.165) is 26.0 Å². The number of rotatable bonds is 7. The molecule has 0 atom stereocenters. The molecule has 4 aromatic rings. The second-order valence-corrected chi connectivity index (χ2v) is 7.73. The first kappa shape index (κ1) is 20.8. The molecule has 0 radical (unpaired) electrons. The maximum absolute atomic E-state index is 12.8. The summed E-state index contributed by atoms with van der Waals surface area (Å²) in [4.78, 5) is 25.1. The van der Waals surface area contributed by atoms with Crippen LogP contribution in [0.3, 0.4) is 0 Å². The third-order valence-electron chi connectivity index (χ3n) is 4.62. The van der Waals surface area contributed by atoms with Crippen molar-refractivity contribution in [2.24, 2.45) is 0 Å². The Morgan fingerprint density at radius 2 is 1.97 bits per heavy atom. The van der Waals surface area contributed by atoms with E-state index in [1.165, 1.54) is 10.8 Å². The van der Waals surface area contributed by atoms with E-state index in [4.69, 9.17) is 4.74 Å². The van der Waals surface area contributed by atoms with E-state index in [2.05, 4.69) is 31.4 Å². The average Bonchev–Trinajstić information content (AvgIpc) is 3.20. The predicted molar refractivity (Wildman–Crippen MR) is 120 cm³/mol. The lowest BCUT2D eigenvalue weighted by Gasteiger charge is -2.07. The molecule has 0 saturated heterocycles. The molecule has 0 bridgehead atoms. The normalized spacial score (nSPS) is 10.9. The van der Waals surface area contributed by atoms with Crippen LogP contribution in [0.5, 0.6) is 5.75 Å². The van der Waals surface area contributed by atoms with Crippen LogP contribution in [0.15, 0.2) is 70.2 Å². The molecule has 0 aliphatic rings. The Morgan fingerprint density at radius 3 is 2.71 bits per heavy atom. The van der Waals surface area contributed by atoms with Crippen molar-refractivity contribution in [2.75, 3.05) is 6.61 Å². The molecule has 2 aromatic carbocycles. The minimum atomic E-state index is -0.384. The molecule has 9 heteroatoms. The molecule has 0 unspecified atom stereocenters. The second kappa shape index (κ2) is 9.13. The first-order valence-corrected chi connectivity index (χ1v) is 10.5. The van der Waals surface area contributed by atoms with Crippen molar-refractivity contribution in [1.82, 2.24) is 24.7 Å². The van der Waals surface area contributed by atoms with Crippen molar-refractivity contribution in [3.05, 3.63) is 81.3 Å². The molecular weight excluding hydrogens is 462 g/mol. The second-order valence-electron chi connectivity index (χ2n) is 6.82. The van der Waals surface area contributed by atoms with Gasteiger partial charge in [-0.2, -0.15) is 10.2 Å². The van der Waals surface area contributed by atoms with Crippen LogP contribution in [0, 0.1) is 0 Å². The van der Waals surface area contributed by atoms with E-state index < -0.39 is 0 Å². The third kappa shape index (κ3) is 4.83. The molecule has 158 valence electrons. The lowest BCUT2D eigenvalue weighted by Crippen LogP contribution is -2.34. The van der Waals surface area contributed by atoms with Crippen LogP contribution in [0.4, 0.5) is 0 Å². The Kier molecular flexibility index (Phi) is 6.13. The number of carbonyl (C=O) groups excluding carboxylic acids is 1. The zero-order valence-corrected chi connectivity index (χ0v) is 18.4. The fourth-order valence-electron chi connectivity index (χ4n) is 3.12. The number of benzene rings is 2. The number of nitrogens with one attached hydrogen (secondary N) is 1. The number of carbonyl (C=O) groups is 1. The van der Waals surface area contributed by atoms with Gasteiger partial charge in [0.2, 0.25) is 5.91 Å². The number of aromatic nitrogens is 4. The highest BCUT2D eigenvalue weighted by molar-refractivity contribution is 9.10. The van der Waals surface area contributed by atoms with Gasteiger partial charge >= 0.3 is 0 Å². The molecule has 0 aliphatic heterocycles. The first-order valence-electron chi connectivity index (χ1n) is 9.73. The Bertz CT molecular complexity index is 1280. The first-order chi connectivity index (χ1) is 15.0. The van der Waals surface area contributed by atoms with Gasteiger partial charge < -0.3 is 10.1 Å². The van der Waals surface area contributed by atoms with Crippen molar-refractivity contribution < 1.29 is 9.53 Å². The Morgan fingerprint density at radius 1 is 1.16 bits per heavy atom. The van der Waals surface area contributed by atoms with Crippen LogP contribution in [0.25, 0.3) is 16.8 Å². The Labute approximate surface area is 186 Å². The summed E-state index contributed by atoms with van der Waals surface area (Å²) in [5.74, 6) is 0.470. The summed E-state index contributed by atoms with van der Waals surface area (Å²) in [6.07, 6.45) is 1.43. The fourth-order valence-corrected chi connectivity index (χ4v) is 3.57. The number of amides is 1. The van der Waals surface area contributed by atoms with Gasteiger partial charge in [0.25, 0.3) is 5.56 Å². The maximum atomic E-state index is 12.8. The number of hydrogen-bond acceptors (Lipinski definition) is 5. The molecule has 31 heavy (non-hydrogen) atoms. The van der Waals surface area contributed by atoms with Gasteiger partial charge in [-0.1, -0.05) is 28.1 Å². The molecule has 2 heterocycles. The van der Waals surface area contributed by atoms with E-state index in [-0.39, 0.29) is 18.0 Å². The zero-order valence-electron chi connectivity index (χ0n) is 16.8. The highest BCUT2D eigenvalue weighted by Crippen LogP contribution is 2.21. The maximum Gasteiger partial charge on any atom is 0.293 e. The number of halogens is 1. The van der Waals surface area contributed by atoms with Crippen molar-refractivity contribution >= 4 is 27.4 Å². The van der Waals surface area contributed by atoms with E-state index in [9.17, 15) is 9.59 Å². The lowest BCUT2D eigenvalue weighted by atomic mass is 10.1. The Balaban J connectivity index is 1.49. The molecule has 0 saturated carbocycles. The summed E-state index contributed by atoms with van der Waals surface area (Å²) in [5.41, 5.74) is 2.40. The quantitative estimate of drug-likeness (QED) is 0.438. The minimum Gasteiger partial charge on any atom is -0.494 e. The van der Waals surface area contributed by atoms with E-state index in [0.29, 0.717) is 24.4 Å². The minimum absolute atomic E-state index is 0.174. The van der Waals surface area contributed by atoms with E-state index in [1.54, 1.807) is 6.07 Å². The topological polar surface area (TPSA) is 90.5 Å². The highest BCUT2D eigenvalue weighted by Gasteiger charge is 2.12. The number of nitrogens with zero attached hydrogens (tertiary/aromatic N) is 4. The summed E-state index contributed by atoms with van der Waals surface area (Å²) in [6, 6.07) is 16.8. The molecule has 1 N–H and O–H groups in total. The van der Waals surface area contributed by atoms with Crippen LogP contribution >= 0.6 is 15.9 Å². The van der Waals surface area contributed by atoms with Crippen molar-refractivity contribution in [1.29, 1.82) is 0 Å². The average molecular weight is 482 g/mol. The smallest absolute Gasteiger partial charge is 0.293 e. The largest absolute Gasteiger partial charge is 0.494 e. The predicted octanol–water partition coefficient (Wildman–Crippen LogP) is 3.04. The molecular formula is C22H20BrN5O3. The molecule has 0 aliphatic carbocycles. The molecule has 8 nitrogen and oxygen atoms in total. The van der Waals surface area contributed by atoms with Crippen LogP contribution in [-0.2, 0) is 17.9 Å². The van der Waals surface area contributed by atoms with E-state index >= 15 is 0 Å². The number of hydrogen-bond donors (Lipinski definition) is 1. The number of fused-ring (bicyclic) bond motifs is 1. The van der Waals surface area contributed by atoms with Crippen LogP contribution in [0.2, 0.25) is 0 Å². The van der Waals surface area contributed by atoms with Crippen LogP contribution in [0.1, 0.15) is 12.5 Å². The van der Waals surface area contributed by atoms with Gasteiger partial charge in [-0.15, -0.1) is 0 Å². The molecule has 2 aromatic heterocycles. The van der Waals surface area contributed by atoms with Gasteiger partial charge in [-0.05, 0) is 55.0 Å². The van der Waals surface area contributed by atoms with Gasteiger partial charge in [-0.3, -0.25) is 9.59 Å². The molecule has 4 rings (SSSR count). The van der Waals surface area contributed by atoms with Crippen LogP contribution in [-0.4, -0.2) is 31.9 Å². The summed E-state index contributed by atoms with van der Waals surface area (Å²) < 4.78 is 8.94. The van der Waals surface area contributed by atoms with Crippen molar-refractivity contribution in [2.45, 2.75) is 20.0 Å². The summed E-state index contributed by atoms with van der Waals surface area (Å²) in [7, 11) is 0. The van der Waals surface area contributed by atoms with Crippen molar-refractivity contribution in [3.63, 3.8) is 0 Å². The lowest BCUT2D eigenvalue weighted by molar-refractivity contribution is -0.122. The SMILES string of the molecule is CCOc1ccc(-c2cc3c(=O)n(CC(=O)NCc4cccc(Br)c4)ncn3n2)cc1.